The van der Waals surface area contributed by atoms with Crippen LogP contribution in [0.1, 0.15) is 19.4 Å². The summed E-state index contributed by atoms with van der Waals surface area (Å²) in [5.74, 6) is 0.171. The lowest BCUT2D eigenvalue weighted by molar-refractivity contribution is -0.142. The Morgan fingerprint density at radius 3 is 2.39 bits per heavy atom. The number of aromatic nitrogens is 3. The Balaban J connectivity index is 1.99. The van der Waals surface area contributed by atoms with Gasteiger partial charge in [0.15, 0.2) is 5.75 Å². The number of nitrogens with one attached hydrogen (secondary N) is 1. The number of rotatable bonds is 6. The van der Waals surface area contributed by atoms with E-state index in [1.165, 1.54) is 0 Å². The van der Waals surface area contributed by atoms with Gasteiger partial charge in [-0.3, -0.25) is 9.78 Å². The summed E-state index contributed by atoms with van der Waals surface area (Å²) in [6, 6.07) is 11.3. The number of pyridine rings is 1. The van der Waals surface area contributed by atoms with E-state index < -0.39 is 11.4 Å². The lowest BCUT2D eigenvalue weighted by Crippen LogP contribution is -2.28. The number of methoxy groups -OCH3 is 1. The standard InChI is InChI=1S/C25H23ClN4O3/c1-25(2,23(31)32)16-7-5-14(6-8-16)19-10-18(15-9-17(26)12-28-11-15)20-13-29-24(27-3)30-21(20)22(19)33-4/h5-13H,1-4H3,(H,31,32)(H,27,29,30). The summed E-state index contributed by atoms with van der Waals surface area (Å²) in [6.07, 6.45) is 5.06. The van der Waals surface area contributed by atoms with Crippen molar-refractivity contribution in [3.63, 3.8) is 0 Å². The van der Waals surface area contributed by atoms with E-state index in [2.05, 4.69) is 20.3 Å². The number of hydrogen-bond acceptors (Lipinski definition) is 6. The van der Waals surface area contributed by atoms with Gasteiger partial charge in [-0.1, -0.05) is 35.9 Å². The van der Waals surface area contributed by atoms with Crippen molar-refractivity contribution in [1.29, 1.82) is 0 Å². The first kappa shape index (κ1) is 22.5. The Hall–Kier alpha value is -3.71. The summed E-state index contributed by atoms with van der Waals surface area (Å²) in [6.45, 7) is 3.36. The number of fused-ring (bicyclic) bond motifs is 1. The van der Waals surface area contributed by atoms with Crippen LogP contribution in [0.2, 0.25) is 5.02 Å². The quantitative estimate of drug-likeness (QED) is 0.394. The third-order valence-electron chi connectivity index (χ3n) is 5.72. The van der Waals surface area contributed by atoms with Gasteiger partial charge in [-0.25, -0.2) is 9.97 Å². The van der Waals surface area contributed by atoms with Gasteiger partial charge in [-0.2, -0.15) is 0 Å². The van der Waals surface area contributed by atoms with Crippen molar-refractivity contribution >= 4 is 34.4 Å². The van der Waals surface area contributed by atoms with Crippen molar-refractivity contribution in [3.05, 3.63) is 65.6 Å². The number of nitrogens with zero attached hydrogens (tertiary/aromatic N) is 3. The molecule has 8 heteroatoms. The first-order valence-electron chi connectivity index (χ1n) is 10.3. The van der Waals surface area contributed by atoms with Crippen LogP contribution < -0.4 is 10.1 Å². The molecule has 0 amide bonds. The summed E-state index contributed by atoms with van der Waals surface area (Å²) < 4.78 is 5.81. The number of benzene rings is 2. The van der Waals surface area contributed by atoms with Crippen molar-refractivity contribution in [2.45, 2.75) is 19.3 Å². The van der Waals surface area contributed by atoms with Crippen molar-refractivity contribution in [2.75, 3.05) is 19.5 Å². The van der Waals surface area contributed by atoms with E-state index in [0.29, 0.717) is 27.8 Å². The molecule has 4 rings (SSSR count). The topological polar surface area (TPSA) is 97.2 Å². The Kier molecular flexibility index (Phi) is 5.91. The van der Waals surface area contributed by atoms with Gasteiger partial charge in [-0.05, 0) is 42.7 Å². The van der Waals surface area contributed by atoms with E-state index in [-0.39, 0.29) is 0 Å². The summed E-state index contributed by atoms with van der Waals surface area (Å²) in [5.41, 5.74) is 3.68. The Bertz CT molecular complexity index is 1350. The van der Waals surface area contributed by atoms with Crippen LogP contribution in [0, 0.1) is 0 Å². The van der Waals surface area contributed by atoms with E-state index in [1.807, 2.05) is 36.4 Å². The second-order valence-corrected chi connectivity index (χ2v) is 8.55. The first-order chi connectivity index (χ1) is 15.8. The molecule has 168 valence electrons. The molecule has 33 heavy (non-hydrogen) atoms. The highest BCUT2D eigenvalue weighted by Gasteiger charge is 2.29. The molecule has 0 aliphatic heterocycles. The highest BCUT2D eigenvalue weighted by Crippen LogP contribution is 2.42. The average molecular weight is 463 g/mol. The van der Waals surface area contributed by atoms with Crippen LogP contribution in [-0.2, 0) is 10.2 Å². The van der Waals surface area contributed by atoms with Crippen LogP contribution >= 0.6 is 11.6 Å². The largest absolute Gasteiger partial charge is 0.494 e. The smallest absolute Gasteiger partial charge is 0.313 e. The van der Waals surface area contributed by atoms with Crippen LogP contribution in [0.5, 0.6) is 5.75 Å². The fourth-order valence-corrected chi connectivity index (χ4v) is 3.87. The van der Waals surface area contributed by atoms with Crippen molar-refractivity contribution in [3.8, 4) is 28.0 Å². The van der Waals surface area contributed by atoms with Gasteiger partial charge >= 0.3 is 5.97 Å². The zero-order chi connectivity index (χ0) is 23.8. The fourth-order valence-electron chi connectivity index (χ4n) is 3.70. The van der Waals surface area contributed by atoms with Crippen molar-refractivity contribution in [2.24, 2.45) is 0 Å². The molecule has 2 heterocycles. The molecule has 2 N–H and O–H groups in total. The Morgan fingerprint density at radius 1 is 1.06 bits per heavy atom. The maximum atomic E-state index is 11.7. The molecular formula is C25H23ClN4O3. The number of carboxylic acids is 1. The average Bonchev–Trinajstić information content (AvgIpc) is 2.82. The molecule has 0 fully saturated rings. The zero-order valence-corrected chi connectivity index (χ0v) is 19.4. The first-order valence-corrected chi connectivity index (χ1v) is 10.6. The second kappa shape index (κ2) is 8.67. The Labute approximate surface area is 196 Å². The third-order valence-corrected chi connectivity index (χ3v) is 5.93. The molecule has 0 aliphatic carbocycles. The van der Waals surface area contributed by atoms with Crippen molar-refractivity contribution < 1.29 is 14.6 Å². The van der Waals surface area contributed by atoms with Gasteiger partial charge in [0.2, 0.25) is 5.95 Å². The SMILES string of the molecule is CNc1ncc2c(-c3cncc(Cl)c3)cc(-c3ccc(C(C)(C)C(=O)O)cc3)c(OC)c2n1. The van der Waals surface area contributed by atoms with E-state index in [0.717, 1.165) is 27.6 Å². The minimum atomic E-state index is -1.00. The van der Waals surface area contributed by atoms with Crippen LogP contribution in [0.4, 0.5) is 5.95 Å². The van der Waals surface area contributed by atoms with Gasteiger partial charge in [-0.15, -0.1) is 0 Å². The van der Waals surface area contributed by atoms with Gasteiger partial charge in [0.05, 0.1) is 17.5 Å². The Morgan fingerprint density at radius 2 is 1.79 bits per heavy atom. The molecule has 4 aromatic rings. The number of halogens is 1. The molecule has 0 spiro atoms. The normalized spacial score (nSPS) is 11.4. The maximum absolute atomic E-state index is 11.7. The van der Waals surface area contributed by atoms with Crippen LogP contribution in [-0.4, -0.2) is 40.2 Å². The highest BCUT2D eigenvalue weighted by atomic mass is 35.5. The molecule has 0 bridgehead atoms. The van der Waals surface area contributed by atoms with Crippen LogP contribution in [0.25, 0.3) is 33.2 Å². The molecule has 2 aromatic carbocycles. The number of anilines is 1. The second-order valence-electron chi connectivity index (χ2n) is 8.11. The molecular weight excluding hydrogens is 440 g/mol. The van der Waals surface area contributed by atoms with E-state index in [4.69, 9.17) is 16.3 Å². The van der Waals surface area contributed by atoms with E-state index in [9.17, 15) is 9.90 Å². The van der Waals surface area contributed by atoms with E-state index >= 15 is 0 Å². The van der Waals surface area contributed by atoms with Gasteiger partial charge in [0.1, 0.15) is 5.52 Å². The number of ether oxygens (including phenoxy) is 1. The van der Waals surface area contributed by atoms with Crippen LogP contribution in [0.15, 0.2) is 55.0 Å². The van der Waals surface area contributed by atoms with Gasteiger partial charge in [0.25, 0.3) is 0 Å². The van der Waals surface area contributed by atoms with Crippen LogP contribution in [0.3, 0.4) is 0 Å². The molecule has 0 unspecified atom stereocenters. The summed E-state index contributed by atoms with van der Waals surface area (Å²) >= 11 is 6.22. The number of carbonyl (C=O) groups is 1. The van der Waals surface area contributed by atoms with E-state index in [1.54, 1.807) is 46.6 Å². The summed E-state index contributed by atoms with van der Waals surface area (Å²) in [5, 5.41) is 13.8. The molecule has 0 saturated heterocycles. The minimum Gasteiger partial charge on any atom is -0.494 e. The molecule has 0 aliphatic rings. The summed E-state index contributed by atoms with van der Waals surface area (Å²) in [7, 11) is 3.35. The monoisotopic (exact) mass is 462 g/mol. The number of aliphatic carboxylic acids is 1. The lowest BCUT2D eigenvalue weighted by Gasteiger charge is -2.20. The third kappa shape index (κ3) is 4.07. The maximum Gasteiger partial charge on any atom is 0.313 e. The molecule has 0 saturated carbocycles. The molecule has 7 nitrogen and oxygen atoms in total. The molecule has 2 aromatic heterocycles. The predicted octanol–water partition coefficient (Wildman–Crippen LogP) is 5.42. The fraction of sp³-hybridized carbons (Fsp3) is 0.200. The molecule has 0 radical (unpaired) electrons. The lowest BCUT2D eigenvalue weighted by atomic mass is 9.84. The van der Waals surface area contributed by atoms with Gasteiger partial charge < -0.3 is 15.2 Å². The predicted molar refractivity (Wildman–Crippen MR) is 130 cm³/mol. The minimum absolute atomic E-state index is 0.465. The zero-order valence-electron chi connectivity index (χ0n) is 18.7. The number of hydrogen-bond donors (Lipinski definition) is 2. The van der Waals surface area contributed by atoms with Crippen molar-refractivity contribution in [1.82, 2.24) is 15.0 Å². The highest BCUT2D eigenvalue weighted by molar-refractivity contribution is 6.30. The number of carboxylic acid groups (broad SMARTS) is 1. The summed E-state index contributed by atoms with van der Waals surface area (Å²) in [4.78, 5) is 24.9. The van der Waals surface area contributed by atoms with Gasteiger partial charge in [0, 0.05) is 42.2 Å². The molecule has 0 atom stereocenters.